The van der Waals surface area contributed by atoms with Crippen LogP contribution in [0.4, 0.5) is 8.78 Å². The second-order valence-electron chi connectivity index (χ2n) is 6.47. The van der Waals surface area contributed by atoms with Gasteiger partial charge in [-0.2, -0.15) is 0 Å². The average molecular weight is 400 g/mol. The molecule has 3 aromatic rings. The Labute approximate surface area is 165 Å². The largest absolute Gasteiger partial charge is 0.486 e. The molecule has 4 rings (SSSR count). The maximum Gasteiger partial charge on any atom is 0.220 e. The Bertz CT molecular complexity index is 1020. The molecule has 0 bridgehead atoms. The molecular formula is C21H18F2N2O4. The van der Waals surface area contributed by atoms with E-state index in [1.54, 1.807) is 0 Å². The van der Waals surface area contributed by atoms with Crippen molar-refractivity contribution in [1.29, 1.82) is 0 Å². The molecule has 1 aliphatic rings. The van der Waals surface area contributed by atoms with Crippen molar-refractivity contribution in [2.75, 3.05) is 13.2 Å². The van der Waals surface area contributed by atoms with Gasteiger partial charge in [-0.15, -0.1) is 0 Å². The summed E-state index contributed by atoms with van der Waals surface area (Å²) in [5.74, 6) is -0.0797. The SMILES string of the molecule is O=C(CCc1ncc(-c2c(F)cccc2F)o1)NCc1ccc2c(c1)OCCO2. The highest BCUT2D eigenvalue weighted by Crippen LogP contribution is 2.30. The molecule has 8 heteroatoms. The van der Waals surface area contributed by atoms with Crippen LogP contribution in [0.25, 0.3) is 11.3 Å². The molecule has 0 spiro atoms. The molecule has 1 aliphatic heterocycles. The van der Waals surface area contributed by atoms with Crippen molar-refractivity contribution in [1.82, 2.24) is 10.3 Å². The quantitative estimate of drug-likeness (QED) is 0.684. The van der Waals surface area contributed by atoms with Gasteiger partial charge in [-0.25, -0.2) is 13.8 Å². The lowest BCUT2D eigenvalue weighted by atomic mass is 10.1. The van der Waals surface area contributed by atoms with Gasteiger partial charge in [0.15, 0.2) is 23.1 Å². The predicted octanol–water partition coefficient (Wildman–Crippen LogP) is 3.64. The molecule has 2 heterocycles. The summed E-state index contributed by atoms with van der Waals surface area (Å²) < 4.78 is 44.0. The number of nitrogens with one attached hydrogen (secondary N) is 1. The van der Waals surface area contributed by atoms with E-state index in [0.717, 1.165) is 17.7 Å². The molecule has 0 saturated heterocycles. The zero-order valence-electron chi connectivity index (χ0n) is 15.4. The maximum atomic E-state index is 13.8. The van der Waals surface area contributed by atoms with Crippen molar-refractivity contribution >= 4 is 5.91 Å². The molecule has 0 saturated carbocycles. The predicted molar refractivity (Wildman–Crippen MR) is 99.5 cm³/mol. The third-order valence-electron chi connectivity index (χ3n) is 4.42. The number of amides is 1. The third kappa shape index (κ3) is 4.37. The van der Waals surface area contributed by atoms with E-state index in [9.17, 15) is 13.6 Å². The van der Waals surface area contributed by atoms with Gasteiger partial charge in [0, 0.05) is 19.4 Å². The van der Waals surface area contributed by atoms with Crippen LogP contribution >= 0.6 is 0 Å². The number of benzene rings is 2. The maximum absolute atomic E-state index is 13.8. The van der Waals surface area contributed by atoms with E-state index in [0.29, 0.717) is 31.3 Å². The number of aryl methyl sites for hydroxylation is 1. The minimum absolute atomic E-state index is 0.00714. The van der Waals surface area contributed by atoms with Gasteiger partial charge in [0.25, 0.3) is 0 Å². The summed E-state index contributed by atoms with van der Waals surface area (Å²) in [4.78, 5) is 16.1. The van der Waals surface area contributed by atoms with Gasteiger partial charge in [0.1, 0.15) is 24.8 Å². The van der Waals surface area contributed by atoms with Crippen LogP contribution in [0.15, 0.2) is 47.0 Å². The van der Waals surface area contributed by atoms with Crippen molar-refractivity contribution < 1.29 is 27.5 Å². The number of fused-ring (bicyclic) bond motifs is 1. The fourth-order valence-electron chi connectivity index (χ4n) is 2.98. The summed E-state index contributed by atoms with van der Waals surface area (Å²) in [6.45, 7) is 1.36. The third-order valence-corrected chi connectivity index (χ3v) is 4.42. The number of carbonyl (C=O) groups is 1. The first kappa shape index (κ1) is 18.9. The van der Waals surface area contributed by atoms with Crippen LogP contribution < -0.4 is 14.8 Å². The fraction of sp³-hybridized carbons (Fsp3) is 0.238. The highest BCUT2D eigenvalue weighted by Gasteiger charge is 2.16. The Kier molecular flexibility index (Phi) is 5.41. The van der Waals surface area contributed by atoms with Gasteiger partial charge in [-0.3, -0.25) is 4.79 Å². The monoisotopic (exact) mass is 400 g/mol. The van der Waals surface area contributed by atoms with Gasteiger partial charge < -0.3 is 19.2 Å². The first-order valence-corrected chi connectivity index (χ1v) is 9.14. The zero-order valence-corrected chi connectivity index (χ0v) is 15.4. The molecule has 1 aromatic heterocycles. The number of halogens is 2. The fourth-order valence-corrected chi connectivity index (χ4v) is 2.98. The van der Waals surface area contributed by atoms with Gasteiger partial charge in [-0.1, -0.05) is 12.1 Å². The molecule has 2 aromatic carbocycles. The normalized spacial score (nSPS) is 12.6. The highest BCUT2D eigenvalue weighted by molar-refractivity contribution is 5.76. The number of hydrogen-bond donors (Lipinski definition) is 1. The van der Waals surface area contributed by atoms with Crippen molar-refractivity contribution in [2.24, 2.45) is 0 Å². The molecule has 0 atom stereocenters. The Balaban J connectivity index is 1.31. The number of rotatable bonds is 6. The lowest BCUT2D eigenvalue weighted by Crippen LogP contribution is -2.23. The minimum atomic E-state index is -0.732. The van der Waals surface area contributed by atoms with E-state index < -0.39 is 11.6 Å². The lowest BCUT2D eigenvalue weighted by molar-refractivity contribution is -0.121. The zero-order chi connectivity index (χ0) is 20.2. The van der Waals surface area contributed by atoms with Crippen molar-refractivity contribution in [2.45, 2.75) is 19.4 Å². The van der Waals surface area contributed by atoms with Crippen LogP contribution in [0.5, 0.6) is 11.5 Å². The summed E-state index contributed by atoms with van der Waals surface area (Å²) in [6.07, 6.45) is 1.59. The Morgan fingerprint density at radius 3 is 2.62 bits per heavy atom. The van der Waals surface area contributed by atoms with Crippen LogP contribution in [0.3, 0.4) is 0 Å². The van der Waals surface area contributed by atoms with Crippen LogP contribution in [0.2, 0.25) is 0 Å². The van der Waals surface area contributed by atoms with Crippen LogP contribution in [-0.4, -0.2) is 24.1 Å². The molecule has 6 nitrogen and oxygen atoms in total. The molecule has 29 heavy (non-hydrogen) atoms. The highest BCUT2D eigenvalue weighted by atomic mass is 19.1. The van der Waals surface area contributed by atoms with E-state index in [1.807, 2.05) is 18.2 Å². The van der Waals surface area contributed by atoms with E-state index in [-0.39, 0.29) is 36.0 Å². The first-order valence-electron chi connectivity index (χ1n) is 9.14. The standard InChI is InChI=1S/C21H18F2N2O4/c22-14-2-1-3-15(23)21(14)18-12-25-20(29-18)7-6-19(26)24-11-13-4-5-16-17(10-13)28-9-8-27-16/h1-5,10,12H,6-9,11H2,(H,24,26). The summed E-state index contributed by atoms with van der Waals surface area (Å²) in [7, 11) is 0. The van der Waals surface area contributed by atoms with E-state index >= 15 is 0 Å². The van der Waals surface area contributed by atoms with Crippen LogP contribution in [0.1, 0.15) is 17.9 Å². The molecule has 0 aliphatic carbocycles. The van der Waals surface area contributed by atoms with Gasteiger partial charge in [0.2, 0.25) is 5.91 Å². The lowest BCUT2D eigenvalue weighted by Gasteiger charge is -2.18. The molecule has 1 amide bonds. The number of hydrogen-bond acceptors (Lipinski definition) is 5. The number of carbonyl (C=O) groups excluding carboxylic acids is 1. The first-order chi connectivity index (χ1) is 14.1. The molecule has 0 fully saturated rings. The van der Waals surface area contributed by atoms with Crippen LogP contribution in [-0.2, 0) is 17.8 Å². The number of ether oxygens (including phenoxy) is 2. The summed E-state index contributed by atoms with van der Waals surface area (Å²) >= 11 is 0. The van der Waals surface area contributed by atoms with Gasteiger partial charge in [0.05, 0.1) is 11.8 Å². The van der Waals surface area contributed by atoms with E-state index in [4.69, 9.17) is 13.9 Å². The second-order valence-corrected chi connectivity index (χ2v) is 6.47. The molecule has 0 unspecified atom stereocenters. The Hall–Kier alpha value is -3.42. The molecular weight excluding hydrogens is 382 g/mol. The minimum Gasteiger partial charge on any atom is -0.486 e. The smallest absolute Gasteiger partial charge is 0.220 e. The number of aromatic nitrogens is 1. The number of nitrogens with zero attached hydrogens (tertiary/aromatic N) is 1. The van der Waals surface area contributed by atoms with Gasteiger partial charge >= 0.3 is 0 Å². The molecule has 150 valence electrons. The van der Waals surface area contributed by atoms with Crippen molar-refractivity contribution in [3.63, 3.8) is 0 Å². The molecule has 1 N–H and O–H groups in total. The summed E-state index contributed by atoms with van der Waals surface area (Å²) in [5.41, 5.74) is 0.616. The Morgan fingerprint density at radius 2 is 1.83 bits per heavy atom. The molecule has 0 radical (unpaired) electrons. The number of oxazole rings is 1. The van der Waals surface area contributed by atoms with E-state index in [2.05, 4.69) is 10.3 Å². The van der Waals surface area contributed by atoms with Crippen LogP contribution in [0, 0.1) is 11.6 Å². The summed E-state index contributed by atoms with van der Waals surface area (Å²) in [5, 5.41) is 2.81. The van der Waals surface area contributed by atoms with Gasteiger partial charge in [-0.05, 0) is 29.8 Å². The Morgan fingerprint density at radius 1 is 1.07 bits per heavy atom. The van der Waals surface area contributed by atoms with Crippen molar-refractivity contribution in [3.05, 3.63) is 65.7 Å². The second kappa shape index (κ2) is 8.30. The summed E-state index contributed by atoms with van der Waals surface area (Å²) in [6, 6.07) is 9.07. The average Bonchev–Trinajstić information content (AvgIpc) is 3.19. The topological polar surface area (TPSA) is 73.6 Å². The van der Waals surface area contributed by atoms with Crippen molar-refractivity contribution in [3.8, 4) is 22.8 Å². The van der Waals surface area contributed by atoms with E-state index in [1.165, 1.54) is 12.3 Å².